The van der Waals surface area contributed by atoms with Gasteiger partial charge in [0.05, 0.1) is 10.6 Å². The third kappa shape index (κ3) is 3.75. The maximum atomic E-state index is 14.1. The van der Waals surface area contributed by atoms with E-state index >= 15 is 0 Å². The summed E-state index contributed by atoms with van der Waals surface area (Å²) in [6.07, 6.45) is 0. The smallest absolute Gasteiger partial charge is 0.293 e. The number of rotatable bonds is 4. The van der Waals surface area contributed by atoms with Crippen LogP contribution in [0.1, 0.15) is 20.9 Å². The second-order valence-electron chi connectivity index (χ2n) is 6.31. The maximum absolute atomic E-state index is 14.1. The predicted molar refractivity (Wildman–Crippen MR) is 110 cm³/mol. The molecule has 4 rings (SSSR count). The number of anilines is 2. The molecular weight excluding hydrogens is 414 g/mol. The van der Waals surface area contributed by atoms with Crippen LogP contribution in [0.3, 0.4) is 0 Å². The number of hydrogen-bond acceptors (Lipinski definition) is 3. The fraction of sp³-hybridized carbons (Fsp3) is 0. The first-order valence-corrected chi connectivity index (χ1v) is 9.15. The highest BCUT2D eigenvalue weighted by Crippen LogP contribution is 2.32. The highest BCUT2D eigenvalue weighted by atomic mass is 35.5. The van der Waals surface area contributed by atoms with Gasteiger partial charge in [-0.3, -0.25) is 9.59 Å². The lowest BCUT2D eigenvalue weighted by Gasteiger charge is -2.09. The number of benzene rings is 3. The molecule has 0 aliphatic carbocycles. The number of furan rings is 1. The summed E-state index contributed by atoms with van der Waals surface area (Å²) in [5, 5.41) is 5.48. The summed E-state index contributed by atoms with van der Waals surface area (Å²) in [7, 11) is 0. The van der Waals surface area contributed by atoms with Gasteiger partial charge in [0.1, 0.15) is 22.9 Å². The molecule has 1 aromatic heterocycles. The fourth-order valence-corrected chi connectivity index (χ4v) is 3.19. The molecule has 2 amide bonds. The van der Waals surface area contributed by atoms with Crippen molar-refractivity contribution in [3.8, 4) is 0 Å². The first-order chi connectivity index (χ1) is 14.4. The Hall–Kier alpha value is -3.71. The van der Waals surface area contributed by atoms with Gasteiger partial charge in [0.25, 0.3) is 11.8 Å². The SMILES string of the molecule is O=C(Nc1ccc(F)cc1)c1oc2ccccc2c1NC(=O)c1c(F)cccc1Cl. The van der Waals surface area contributed by atoms with Crippen LogP contribution in [0.4, 0.5) is 20.2 Å². The summed E-state index contributed by atoms with van der Waals surface area (Å²) in [6, 6.07) is 15.7. The zero-order valence-electron chi connectivity index (χ0n) is 15.2. The number of carbonyl (C=O) groups is 2. The molecule has 4 aromatic rings. The Kier molecular flexibility index (Phi) is 5.20. The average Bonchev–Trinajstić information content (AvgIpc) is 3.08. The van der Waals surface area contributed by atoms with Crippen LogP contribution in [0.5, 0.6) is 0 Å². The molecule has 150 valence electrons. The Morgan fingerprint density at radius 2 is 1.57 bits per heavy atom. The molecule has 0 unspecified atom stereocenters. The van der Waals surface area contributed by atoms with Gasteiger partial charge in [-0.25, -0.2) is 8.78 Å². The minimum atomic E-state index is -0.833. The molecule has 0 saturated heterocycles. The molecule has 0 spiro atoms. The Balaban J connectivity index is 1.72. The van der Waals surface area contributed by atoms with E-state index in [1.54, 1.807) is 24.3 Å². The lowest BCUT2D eigenvalue weighted by Crippen LogP contribution is -2.18. The largest absolute Gasteiger partial charge is 0.449 e. The van der Waals surface area contributed by atoms with Gasteiger partial charge in [-0.05, 0) is 48.5 Å². The Bertz CT molecular complexity index is 1250. The van der Waals surface area contributed by atoms with E-state index < -0.39 is 23.4 Å². The molecule has 30 heavy (non-hydrogen) atoms. The molecule has 0 saturated carbocycles. The highest BCUT2D eigenvalue weighted by Gasteiger charge is 2.24. The second-order valence-corrected chi connectivity index (χ2v) is 6.72. The van der Waals surface area contributed by atoms with E-state index in [4.69, 9.17) is 16.0 Å². The summed E-state index contributed by atoms with van der Waals surface area (Å²) in [6.45, 7) is 0. The van der Waals surface area contributed by atoms with E-state index in [0.29, 0.717) is 16.7 Å². The van der Waals surface area contributed by atoms with Crippen molar-refractivity contribution in [3.05, 3.63) is 94.7 Å². The Morgan fingerprint density at radius 1 is 0.833 bits per heavy atom. The molecule has 0 aliphatic rings. The van der Waals surface area contributed by atoms with Crippen molar-refractivity contribution >= 4 is 45.8 Å². The van der Waals surface area contributed by atoms with Crippen LogP contribution < -0.4 is 10.6 Å². The highest BCUT2D eigenvalue weighted by molar-refractivity contribution is 6.34. The van der Waals surface area contributed by atoms with Crippen molar-refractivity contribution in [2.24, 2.45) is 0 Å². The number of nitrogens with one attached hydrogen (secondary N) is 2. The fourth-order valence-electron chi connectivity index (χ4n) is 2.94. The molecule has 2 N–H and O–H groups in total. The molecule has 8 heteroatoms. The van der Waals surface area contributed by atoms with Crippen molar-refractivity contribution in [2.75, 3.05) is 10.6 Å². The molecule has 0 bridgehead atoms. The lowest BCUT2D eigenvalue weighted by atomic mass is 10.1. The molecule has 0 atom stereocenters. The van der Waals surface area contributed by atoms with E-state index in [0.717, 1.165) is 6.07 Å². The molecule has 1 heterocycles. The third-order valence-corrected chi connectivity index (χ3v) is 4.65. The third-order valence-electron chi connectivity index (χ3n) is 4.33. The number of amides is 2. The maximum Gasteiger partial charge on any atom is 0.293 e. The minimum absolute atomic E-state index is 0.0644. The van der Waals surface area contributed by atoms with Gasteiger partial charge < -0.3 is 15.1 Å². The van der Waals surface area contributed by atoms with Crippen molar-refractivity contribution in [1.82, 2.24) is 0 Å². The molecule has 0 radical (unpaired) electrons. The van der Waals surface area contributed by atoms with Crippen LogP contribution in [-0.2, 0) is 0 Å². The molecule has 3 aromatic carbocycles. The number of carbonyl (C=O) groups excluding carboxylic acids is 2. The van der Waals surface area contributed by atoms with Gasteiger partial charge >= 0.3 is 0 Å². The van der Waals surface area contributed by atoms with Crippen LogP contribution in [0, 0.1) is 11.6 Å². The Morgan fingerprint density at radius 3 is 2.30 bits per heavy atom. The van der Waals surface area contributed by atoms with E-state index in [1.807, 2.05) is 0 Å². The van der Waals surface area contributed by atoms with Crippen LogP contribution >= 0.6 is 11.6 Å². The van der Waals surface area contributed by atoms with Gasteiger partial charge in [0.15, 0.2) is 0 Å². The van der Waals surface area contributed by atoms with Crippen LogP contribution in [0.15, 0.2) is 71.1 Å². The minimum Gasteiger partial charge on any atom is -0.449 e. The molecule has 0 fully saturated rings. The number of halogens is 3. The van der Waals surface area contributed by atoms with E-state index in [1.165, 1.54) is 36.4 Å². The summed E-state index contributed by atoms with van der Waals surface area (Å²) in [5.41, 5.74) is 0.386. The zero-order valence-corrected chi connectivity index (χ0v) is 16.0. The van der Waals surface area contributed by atoms with Crippen LogP contribution in [0.25, 0.3) is 11.0 Å². The standard InChI is InChI=1S/C22H13ClF2N2O3/c23-15-5-3-6-16(25)18(15)21(28)27-19-14-4-1-2-7-17(14)30-20(19)22(29)26-13-10-8-12(24)9-11-13/h1-11H,(H,26,29)(H,27,28). The monoisotopic (exact) mass is 426 g/mol. The van der Waals surface area contributed by atoms with Crippen molar-refractivity contribution in [1.29, 1.82) is 0 Å². The number of hydrogen-bond donors (Lipinski definition) is 2. The van der Waals surface area contributed by atoms with Crippen molar-refractivity contribution in [2.45, 2.75) is 0 Å². The van der Waals surface area contributed by atoms with Gasteiger partial charge in [0.2, 0.25) is 5.76 Å². The summed E-state index contributed by atoms with van der Waals surface area (Å²) in [5.74, 6) is -2.95. The summed E-state index contributed by atoms with van der Waals surface area (Å²) >= 11 is 5.97. The van der Waals surface area contributed by atoms with E-state index in [9.17, 15) is 18.4 Å². The van der Waals surface area contributed by atoms with Gasteiger partial charge in [-0.2, -0.15) is 0 Å². The lowest BCUT2D eigenvalue weighted by molar-refractivity contribution is 0.0999. The van der Waals surface area contributed by atoms with Crippen LogP contribution in [-0.4, -0.2) is 11.8 Å². The average molecular weight is 427 g/mol. The predicted octanol–water partition coefficient (Wildman–Crippen LogP) is 5.87. The first-order valence-electron chi connectivity index (χ1n) is 8.78. The normalized spacial score (nSPS) is 10.8. The van der Waals surface area contributed by atoms with Crippen molar-refractivity contribution < 1.29 is 22.8 Å². The van der Waals surface area contributed by atoms with E-state index in [2.05, 4.69) is 10.6 Å². The van der Waals surface area contributed by atoms with Gasteiger partial charge in [0, 0.05) is 11.1 Å². The summed E-state index contributed by atoms with van der Waals surface area (Å²) in [4.78, 5) is 25.5. The first kappa shape index (κ1) is 19.6. The molecule has 0 aliphatic heterocycles. The van der Waals surface area contributed by atoms with Gasteiger partial charge in [-0.15, -0.1) is 0 Å². The summed E-state index contributed by atoms with van der Waals surface area (Å²) < 4.78 is 32.9. The second kappa shape index (κ2) is 7.96. The van der Waals surface area contributed by atoms with Gasteiger partial charge in [-0.1, -0.05) is 29.8 Å². The van der Waals surface area contributed by atoms with Crippen LogP contribution in [0.2, 0.25) is 5.02 Å². The zero-order chi connectivity index (χ0) is 21.3. The number of fused-ring (bicyclic) bond motifs is 1. The molecular formula is C22H13ClF2N2O3. The molecule has 5 nitrogen and oxygen atoms in total. The van der Waals surface area contributed by atoms with Crippen molar-refractivity contribution in [3.63, 3.8) is 0 Å². The van der Waals surface area contributed by atoms with E-state index in [-0.39, 0.29) is 22.0 Å². The number of para-hydroxylation sites is 1. The quantitative estimate of drug-likeness (QED) is 0.428. The topological polar surface area (TPSA) is 71.3 Å². The Labute approximate surface area is 174 Å².